The minimum Gasteiger partial charge on any atom is -0.481 e. The molecule has 0 bridgehead atoms. The quantitative estimate of drug-likeness (QED) is 0.716. The monoisotopic (exact) mass is 341 g/mol. The highest BCUT2D eigenvalue weighted by Gasteiger charge is 2.15. The molecule has 6 nitrogen and oxygen atoms in total. The Hall–Kier alpha value is -1.89. The van der Waals surface area contributed by atoms with Gasteiger partial charge in [0.05, 0.1) is 11.5 Å². The molecular weight excluding hydrogens is 318 g/mol. The van der Waals surface area contributed by atoms with Crippen molar-refractivity contribution < 1.29 is 23.1 Å². The van der Waals surface area contributed by atoms with E-state index < -0.39 is 15.8 Å². The zero-order valence-corrected chi connectivity index (χ0v) is 14.2. The molecule has 0 heterocycles. The standard InChI is InChI=1S/C16H23NO5S/c1-12(2)11-23(21,22)9-8-15(18)17-14-5-3-4-13(10-14)6-7-16(19)20/h3-5,10,12H,6-9,11H2,1-2H3,(H,17,18)(H,19,20). The van der Waals surface area contributed by atoms with Crippen molar-refractivity contribution in [3.63, 3.8) is 0 Å². The molecule has 128 valence electrons. The zero-order valence-electron chi connectivity index (χ0n) is 13.4. The van der Waals surface area contributed by atoms with Crippen LogP contribution in [0.3, 0.4) is 0 Å². The average Bonchev–Trinajstić information content (AvgIpc) is 2.42. The Labute approximate surface area is 136 Å². The van der Waals surface area contributed by atoms with Gasteiger partial charge in [0.1, 0.15) is 0 Å². The van der Waals surface area contributed by atoms with E-state index in [4.69, 9.17) is 5.11 Å². The van der Waals surface area contributed by atoms with E-state index >= 15 is 0 Å². The predicted molar refractivity (Wildman–Crippen MR) is 89.1 cm³/mol. The van der Waals surface area contributed by atoms with Crippen LogP contribution in [0, 0.1) is 5.92 Å². The van der Waals surface area contributed by atoms with Crippen molar-refractivity contribution >= 4 is 27.4 Å². The van der Waals surface area contributed by atoms with Gasteiger partial charge < -0.3 is 10.4 Å². The Kier molecular flexibility index (Phi) is 7.22. The smallest absolute Gasteiger partial charge is 0.303 e. The largest absolute Gasteiger partial charge is 0.481 e. The third-order valence-corrected chi connectivity index (χ3v) is 5.07. The van der Waals surface area contributed by atoms with Gasteiger partial charge in [0.2, 0.25) is 5.91 Å². The molecule has 0 fully saturated rings. The number of anilines is 1. The molecule has 0 radical (unpaired) electrons. The fourth-order valence-electron chi connectivity index (χ4n) is 2.12. The van der Waals surface area contributed by atoms with Crippen molar-refractivity contribution in [2.75, 3.05) is 16.8 Å². The maximum Gasteiger partial charge on any atom is 0.303 e. The number of rotatable bonds is 9. The third kappa shape index (κ3) is 8.35. The van der Waals surface area contributed by atoms with E-state index in [1.54, 1.807) is 24.3 Å². The number of hydrogen-bond acceptors (Lipinski definition) is 4. The second kappa shape index (κ2) is 8.67. The number of carboxylic acid groups (broad SMARTS) is 1. The Morgan fingerprint density at radius 3 is 2.52 bits per heavy atom. The van der Waals surface area contributed by atoms with E-state index in [2.05, 4.69) is 5.32 Å². The first-order valence-corrected chi connectivity index (χ1v) is 9.31. The van der Waals surface area contributed by atoms with E-state index in [0.29, 0.717) is 12.1 Å². The zero-order chi connectivity index (χ0) is 17.5. The van der Waals surface area contributed by atoms with Crippen LogP contribution in [0.25, 0.3) is 0 Å². The molecule has 0 aromatic heterocycles. The van der Waals surface area contributed by atoms with Crippen LogP contribution in [-0.2, 0) is 25.8 Å². The number of carbonyl (C=O) groups is 2. The Bertz CT molecular complexity index is 652. The number of amides is 1. The molecule has 1 aromatic rings. The maximum absolute atomic E-state index is 11.9. The first-order chi connectivity index (χ1) is 10.7. The molecule has 0 saturated heterocycles. The van der Waals surface area contributed by atoms with Crippen molar-refractivity contribution in [2.45, 2.75) is 33.1 Å². The van der Waals surface area contributed by atoms with Crippen molar-refractivity contribution in [1.29, 1.82) is 0 Å². The van der Waals surface area contributed by atoms with Crippen LogP contribution in [0.2, 0.25) is 0 Å². The first-order valence-electron chi connectivity index (χ1n) is 7.49. The number of carbonyl (C=O) groups excluding carboxylic acids is 1. The Morgan fingerprint density at radius 1 is 1.22 bits per heavy atom. The fourth-order valence-corrected chi connectivity index (χ4v) is 3.80. The van der Waals surface area contributed by atoms with Gasteiger partial charge in [-0.25, -0.2) is 8.42 Å². The lowest BCUT2D eigenvalue weighted by molar-refractivity contribution is -0.137. The second-order valence-electron chi connectivity index (χ2n) is 5.90. The van der Waals surface area contributed by atoms with Gasteiger partial charge in [-0.15, -0.1) is 0 Å². The normalized spacial score (nSPS) is 11.4. The first kappa shape index (κ1) is 19.2. The molecule has 23 heavy (non-hydrogen) atoms. The summed E-state index contributed by atoms with van der Waals surface area (Å²) in [6, 6.07) is 6.89. The van der Waals surface area contributed by atoms with Gasteiger partial charge in [0.25, 0.3) is 0 Å². The number of aryl methyl sites for hydroxylation is 1. The number of carboxylic acids is 1. The highest BCUT2D eigenvalue weighted by atomic mass is 32.2. The molecule has 0 unspecified atom stereocenters. The molecule has 0 aliphatic carbocycles. The number of benzene rings is 1. The molecule has 1 rings (SSSR count). The van der Waals surface area contributed by atoms with Crippen LogP contribution in [0.4, 0.5) is 5.69 Å². The van der Waals surface area contributed by atoms with Gasteiger partial charge in [-0.1, -0.05) is 26.0 Å². The summed E-state index contributed by atoms with van der Waals surface area (Å²) in [7, 11) is -3.22. The molecule has 2 N–H and O–H groups in total. The second-order valence-corrected chi connectivity index (χ2v) is 8.13. The van der Waals surface area contributed by atoms with Crippen LogP contribution >= 0.6 is 0 Å². The average molecular weight is 341 g/mol. The summed E-state index contributed by atoms with van der Waals surface area (Å²) < 4.78 is 23.5. The molecule has 7 heteroatoms. The van der Waals surface area contributed by atoms with Crippen LogP contribution in [0.15, 0.2) is 24.3 Å². The lowest BCUT2D eigenvalue weighted by atomic mass is 10.1. The third-order valence-electron chi connectivity index (χ3n) is 3.07. The van der Waals surface area contributed by atoms with Crippen molar-refractivity contribution in [3.05, 3.63) is 29.8 Å². The summed E-state index contributed by atoms with van der Waals surface area (Å²) in [6.07, 6.45) is 0.307. The summed E-state index contributed by atoms with van der Waals surface area (Å²) in [5.41, 5.74) is 1.34. The van der Waals surface area contributed by atoms with Crippen LogP contribution in [-0.4, -0.2) is 36.9 Å². The van der Waals surface area contributed by atoms with Gasteiger partial charge in [0.15, 0.2) is 9.84 Å². The maximum atomic E-state index is 11.9. The highest BCUT2D eigenvalue weighted by Crippen LogP contribution is 2.13. The van der Waals surface area contributed by atoms with Crippen molar-refractivity contribution in [2.24, 2.45) is 5.92 Å². The van der Waals surface area contributed by atoms with Crippen LogP contribution < -0.4 is 5.32 Å². The van der Waals surface area contributed by atoms with E-state index in [-0.39, 0.29) is 36.2 Å². The van der Waals surface area contributed by atoms with Crippen molar-refractivity contribution in [3.8, 4) is 0 Å². The van der Waals surface area contributed by atoms with Crippen LogP contribution in [0.5, 0.6) is 0 Å². The molecule has 0 saturated carbocycles. The van der Waals surface area contributed by atoms with E-state index in [0.717, 1.165) is 5.56 Å². The summed E-state index contributed by atoms with van der Waals surface area (Å²) in [5.74, 6) is -1.31. The lowest BCUT2D eigenvalue weighted by Crippen LogP contribution is -2.21. The summed E-state index contributed by atoms with van der Waals surface area (Å²) in [5, 5.41) is 11.3. The predicted octanol–water partition coefficient (Wildman–Crippen LogP) is 2.10. The van der Waals surface area contributed by atoms with E-state index in [1.165, 1.54) is 0 Å². The van der Waals surface area contributed by atoms with Crippen LogP contribution in [0.1, 0.15) is 32.3 Å². The molecule has 1 amide bonds. The summed E-state index contributed by atoms with van der Waals surface area (Å²) >= 11 is 0. The number of sulfone groups is 1. The molecule has 0 aliphatic heterocycles. The van der Waals surface area contributed by atoms with Gasteiger partial charge in [-0.2, -0.15) is 0 Å². The van der Waals surface area contributed by atoms with Gasteiger partial charge >= 0.3 is 5.97 Å². The molecule has 0 spiro atoms. The molecular formula is C16H23NO5S. The molecule has 1 aromatic carbocycles. The fraction of sp³-hybridized carbons (Fsp3) is 0.500. The van der Waals surface area contributed by atoms with Gasteiger partial charge in [-0.3, -0.25) is 9.59 Å². The number of aliphatic carboxylic acids is 1. The highest BCUT2D eigenvalue weighted by molar-refractivity contribution is 7.91. The molecule has 0 atom stereocenters. The minimum absolute atomic E-state index is 0.0187. The Morgan fingerprint density at radius 2 is 1.91 bits per heavy atom. The number of nitrogens with one attached hydrogen (secondary N) is 1. The Balaban J connectivity index is 2.54. The number of hydrogen-bond donors (Lipinski definition) is 2. The van der Waals surface area contributed by atoms with Gasteiger partial charge in [0, 0.05) is 18.5 Å². The van der Waals surface area contributed by atoms with Gasteiger partial charge in [-0.05, 0) is 30.0 Å². The SMILES string of the molecule is CC(C)CS(=O)(=O)CCC(=O)Nc1cccc(CCC(=O)O)c1. The molecule has 0 aliphatic rings. The summed E-state index contributed by atoms with van der Waals surface area (Å²) in [6.45, 7) is 3.64. The minimum atomic E-state index is -3.22. The van der Waals surface area contributed by atoms with E-state index in [1.807, 2.05) is 13.8 Å². The summed E-state index contributed by atoms with van der Waals surface area (Å²) in [4.78, 5) is 22.4. The van der Waals surface area contributed by atoms with Crippen molar-refractivity contribution in [1.82, 2.24) is 0 Å². The van der Waals surface area contributed by atoms with E-state index in [9.17, 15) is 18.0 Å². The lowest BCUT2D eigenvalue weighted by Gasteiger charge is -2.09. The topological polar surface area (TPSA) is 101 Å².